The van der Waals surface area contributed by atoms with Crippen molar-refractivity contribution in [2.24, 2.45) is 0 Å². The predicted octanol–water partition coefficient (Wildman–Crippen LogP) is 0.392. The number of phenols is 2. The zero-order valence-electron chi connectivity index (χ0n) is 18.6. The zero-order chi connectivity index (χ0) is 25.5. The second-order valence-electron chi connectivity index (χ2n) is 7.86. The molecule has 0 saturated heterocycles. The molecule has 2 rings (SSSR count). The van der Waals surface area contributed by atoms with E-state index in [0.29, 0.717) is 0 Å². The van der Waals surface area contributed by atoms with E-state index in [1.807, 2.05) is 0 Å². The molecular formula is C20H30FeN2O10P2+2. The summed E-state index contributed by atoms with van der Waals surface area (Å²) >= 11 is 0. The second-order valence-corrected chi connectivity index (χ2v) is 11.1. The molecule has 2 aromatic rings. The smallest absolute Gasteiger partial charge is 0.508 e. The van der Waals surface area contributed by atoms with Crippen LogP contribution in [0.15, 0.2) is 48.5 Å². The Kier molecular flexibility index (Phi) is 12.6. The Bertz CT molecular complexity index is 953. The van der Waals surface area contributed by atoms with E-state index in [9.17, 15) is 49.1 Å². The van der Waals surface area contributed by atoms with Crippen LogP contribution in [0.2, 0.25) is 0 Å². The maximum Gasteiger partial charge on any atom is 2.00 e. The molecule has 0 spiro atoms. The third kappa shape index (κ3) is 10.3. The van der Waals surface area contributed by atoms with Crippen LogP contribution < -0.4 is 0 Å². The average molecular weight is 576 g/mol. The molecule has 0 aliphatic rings. The quantitative estimate of drug-likeness (QED) is 0.121. The third-order valence-electron chi connectivity index (χ3n) is 5.22. The summed E-state index contributed by atoms with van der Waals surface area (Å²) in [5.74, 6) is -0.312. The number of nitrogens with zero attached hydrogens (tertiary/aromatic N) is 2. The van der Waals surface area contributed by atoms with Crippen molar-refractivity contribution in [3.05, 3.63) is 59.7 Å². The van der Waals surface area contributed by atoms with Gasteiger partial charge in [-0.15, -0.1) is 0 Å². The van der Waals surface area contributed by atoms with E-state index in [1.165, 1.54) is 24.3 Å². The van der Waals surface area contributed by atoms with E-state index < -0.39 is 53.1 Å². The summed E-state index contributed by atoms with van der Waals surface area (Å²) in [6.07, 6.45) is -1.72. The maximum atomic E-state index is 11.9. The molecule has 0 heterocycles. The monoisotopic (exact) mass is 576 g/mol. The van der Waals surface area contributed by atoms with Gasteiger partial charge < -0.3 is 40.0 Å². The first-order chi connectivity index (χ1) is 15.8. The van der Waals surface area contributed by atoms with E-state index >= 15 is 0 Å². The van der Waals surface area contributed by atoms with E-state index in [-0.39, 0.29) is 52.8 Å². The van der Waals surface area contributed by atoms with E-state index in [4.69, 9.17) is 0 Å². The Balaban J connectivity index is 0.00000612. The Labute approximate surface area is 213 Å². The summed E-state index contributed by atoms with van der Waals surface area (Å²) in [7, 11) is -9.39. The summed E-state index contributed by atoms with van der Waals surface area (Å²) in [4.78, 5) is 40.8. The van der Waals surface area contributed by atoms with Crippen molar-refractivity contribution in [2.45, 2.75) is 25.2 Å². The van der Waals surface area contributed by atoms with Crippen LogP contribution in [0.25, 0.3) is 0 Å². The Morgan fingerprint density at radius 2 is 0.971 bits per heavy atom. The van der Waals surface area contributed by atoms with Crippen LogP contribution in [0.1, 0.15) is 11.1 Å². The number of rotatable bonds is 13. The van der Waals surface area contributed by atoms with Gasteiger partial charge in [0.2, 0.25) is 0 Å². The van der Waals surface area contributed by atoms with Crippen LogP contribution >= 0.6 is 15.2 Å². The number of benzene rings is 2. The first kappa shape index (κ1) is 31.7. The molecule has 0 saturated carbocycles. The molecule has 12 nitrogen and oxygen atoms in total. The molecule has 0 fully saturated rings. The van der Waals surface area contributed by atoms with Gasteiger partial charge in [0, 0.05) is 24.2 Å². The van der Waals surface area contributed by atoms with Crippen LogP contribution in [0.5, 0.6) is 11.5 Å². The zero-order valence-corrected chi connectivity index (χ0v) is 21.4. The molecule has 0 aliphatic carbocycles. The minimum atomic E-state index is -4.70. The minimum Gasteiger partial charge on any atom is -0.508 e. The van der Waals surface area contributed by atoms with E-state index in [2.05, 4.69) is 0 Å². The summed E-state index contributed by atoms with van der Waals surface area (Å²) in [5, 5.41) is 40.6. The SMILES string of the molecule is O=P(O)(O)CN(Cc1ccccc1O)C(CO)C(CO)N(Cc1ccccc1O)CP(=O)(O)O.[Fe+2]. The van der Waals surface area contributed by atoms with Gasteiger partial charge in [0.25, 0.3) is 0 Å². The van der Waals surface area contributed by atoms with Crippen molar-refractivity contribution in [3.8, 4) is 11.5 Å². The van der Waals surface area contributed by atoms with Crippen LogP contribution in [0, 0.1) is 0 Å². The normalized spacial score (nSPS) is 14.1. The van der Waals surface area contributed by atoms with Crippen LogP contribution in [-0.2, 0) is 39.3 Å². The van der Waals surface area contributed by atoms with Gasteiger partial charge in [-0.25, -0.2) is 0 Å². The molecule has 0 amide bonds. The Morgan fingerprint density at radius 1 is 0.657 bits per heavy atom. The number of hydrogen-bond acceptors (Lipinski definition) is 8. The van der Waals surface area contributed by atoms with Gasteiger partial charge in [-0.3, -0.25) is 18.9 Å². The van der Waals surface area contributed by atoms with Crippen molar-refractivity contribution in [1.29, 1.82) is 0 Å². The molecule has 8 N–H and O–H groups in total. The van der Waals surface area contributed by atoms with E-state index in [0.717, 1.165) is 9.80 Å². The summed E-state index contributed by atoms with van der Waals surface area (Å²) in [6, 6.07) is 9.66. The van der Waals surface area contributed by atoms with Crippen molar-refractivity contribution in [2.75, 3.05) is 25.8 Å². The fourth-order valence-corrected chi connectivity index (χ4v) is 5.27. The fourth-order valence-electron chi connectivity index (χ4n) is 3.71. The van der Waals surface area contributed by atoms with Crippen LogP contribution in [0.4, 0.5) is 0 Å². The fraction of sp³-hybridized carbons (Fsp3) is 0.400. The molecule has 0 aliphatic heterocycles. The molecule has 15 heteroatoms. The van der Waals surface area contributed by atoms with Gasteiger partial charge in [-0.2, -0.15) is 0 Å². The van der Waals surface area contributed by atoms with Crippen LogP contribution in [-0.4, -0.2) is 87.7 Å². The summed E-state index contributed by atoms with van der Waals surface area (Å²) < 4.78 is 23.7. The van der Waals surface area contributed by atoms with Gasteiger partial charge >= 0.3 is 32.3 Å². The van der Waals surface area contributed by atoms with Crippen molar-refractivity contribution < 1.29 is 66.2 Å². The number of aliphatic hydroxyl groups excluding tert-OH is 2. The molecule has 0 bridgehead atoms. The van der Waals surface area contributed by atoms with Gasteiger partial charge in [0.1, 0.15) is 24.1 Å². The number of aliphatic hydroxyl groups is 2. The average Bonchev–Trinajstić information content (AvgIpc) is 2.72. The molecule has 196 valence electrons. The second kappa shape index (κ2) is 13.9. The van der Waals surface area contributed by atoms with Crippen molar-refractivity contribution in [3.63, 3.8) is 0 Å². The summed E-state index contributed by atoms with van der Waals surface area (Å²) in [6.45, 7) is -1.95. The molecule has 2 aromatic carbocycles. The van der Waals surface area contributed by atoms with Gasteiger partial charge in [-0.1, -0.05) is 36.4 Å². The Morgan fingerprint density at radius 3 is 1.23 bits per heavy atom. The van der Waals surface area contributed by atoms with Gasteiger partial charge in [0.05, 0.1) is 25.3 Å². The minimum absolute atomic E-state index is 0. The first-order valence-electron chi connectivity index (χ1n) is 10.2. The number of aromatic hydroxyl groups is 2. The Hall–Kier alpha value is -1.30. The number of hydrogen-bond donors (Lipinski definition) is 8. The first-order valence-corrected chi connectivity index (χ1v) is 13.8. The number of phenolic OH excluding ortho intramolecular Hbond substituents is 2. The van der Waals surface area contributed by atoms with Crippen molar-refractivity contribution >= 4 is 15.2 Å². The molecular weight excluding hydrogens is 546 g/mol. The van der Waals surface area contributed by atoms with Crippen LogP contribution in [0.3, 0.4) is 0 Å². The van der Waals surface area contributed by atoms with Gasteiger partial charge in [0.15, 0.2) is 0 Å². The third-order valence-corrected chi connectivity index (χ3v) is 6.68. The van der Waals surface area contributed by atoms with Gasteiger partial charge in [-0.05, 0) is 12.1 Å². The molecule has 0 radical (unpaired) electrons. The molecule has 2 atom stereocenters. The molecule has 2 unspecified atom stereocenters. The number of para-hydroxylation sites is 2. The molecule has 0 aromatic heterocycles. The predicted molar refractivity (Wildman–Crippen MR) is 123 cm³/mol. The maximum absolute atomic E-state index is 11.9. The molecule has 35 heavy (non-hydrogen) atoms. The standard InChI is InChI=1S/C20H30N2O10P2.Fe/c23-11-17(21(13-33(27,28)29)9-15-5-1-3-7-19(15)25)18(12-24)22(14-34(30,31)32)10-16-6-2-4-8-20(16)26;/h1-8,17-18,23-26H,9-14H2,(H2,27,28,29)(H2,30,31,32);/q;+2. The summed E-state index contributed by atoms with van der Waals surface area (Å²) in [5.41, 5.74) is 0.571. The van der Waals surface area contributed by atoms with Crippen molar-refractivity contribution in [1.82, 2.24) is 9.80 Å². The topological polar surface area (TPSA) is 202 Å². The largest absolute Gasteiger partial charge is 2.00 e. The van der Waals surface area contributed by atoms with E-state index in [1.54, 1.807) is 24.3 Å².